The highest BCUT2D eigenvalue weighted by atomic mass is 14.9. The summed E-state index contributed by atoms with van der Waals surface area (Å²) in [4.78, 5) is 0. The summed E-state index contributed by atoms with van der Waals surface area (Å²) in [6, 6.07) is 19.3. The van der Waals surface area contributed by atoms with Gasteiger partial charge in [-0.25, -0.2) is 0 Å². The predicted octanol–water partition coefficient (Wildman–Crippen LogP) is 5.74. The van der Waals surface area contributed by atoms with Crippen LogP contribution >= 0.6 is 0 Å². The lowest BCUT2D eigenvalue weighted by Crippen LogP contribution is -2.14. The van der Waals surface area contributed by atoms with Gasteiger partial charge in [-0.15, -0.1) is 0 Å². The molecule has 1 heteroatoms. The monoisotopic (exact) mass is 279 g/mol. The molecule has 1 saturated carbocycles. The summed E-state index contributed by atoms with van der Waals surface area (Å²) in [5, 5.41) is 3.71. The van der Waals surface area contributed by atoms with E-state index < -0.39 is 0 Å². The van der Waals surface area contributed by atoms with Crippen LogP contribution in [0.3, 0.4) is 0 Å². The summed E-state index contributed by atoms with van der Waals surface area (Å²) >= 11 is 0. The highest BCUT2D eigenvalue weighted by Gasteiger charge is 2.12. The van der Waals surface area contributed by atoms with Gasteiger partial charge >= 0.3 is 0 Å². The van der Waals surface area contributed by atoms with Gasteiger partial charge in [-0.3, -0.25) is 0 Å². The molecule has 0 spiro atoms. The van der Waals surface area contributed by atoms with E-state index in [0.29, 0.717) is 0 Å². The highest BCUT2D eigenvalue weighted by molar-refractivity contribution is 5.77. The molecule has 1 fully saturated rings. The van der Waals surface area contributed by atoms with Gasteiger partial charge in [-0.05, 0) is 30.4 Å². The number of hydrogen-bond acceptors (Lipinski definition) is 1. The second kappa shape index (κ2) is 7.31. The Bertz CT molecular complexity index is 539. The molecule has 0 saturated heterocycles. The average Bonchev–Trinajstić information content (AvgIpc) is 2.83. The van der Waals surface area contributed by atoms with E-state index in [1.165, 1.54) is 55.3 Å². The smallest absolute Gasteiger partial charge is 0.0419 e. The van der Waals surface area contributed by atoms with Gasteiger partial charge in [-0.1, -0.05) is 74.2 Å². The van der Waals surface area contributed by atoms with Crippen molar-refractivity contribution in [1.29, 1.82) is 0 Å². The van der Waals surface area contributed by atoms with E-state index in [9.17, 15) is 0 Å². The van der Waals surface area contributed by atoms with E-state index in [4.69, 9.17) is 0 Å². The van der Waals surface area contributed by atoms with E-state index in [2.05, 4.69) is 59.9 Å². The van der Waals surface area contributed by atoms with Gasteiger partial charge in [0.25, 0.3) is 0 Å². The van der Waals surface area contributed by atoms with Crippen LogP contribution in [-0.2, 0) is 0 Å². The van der Waals surface area contributed by atoms with Gasteiger partial charge in [-0.2, -0.15) is 0 Å². The molecule has 3 rings (SSSR count). The van der Waals surface area contributed by atoms with Crippen molar-refractivity contribution in [2.45, 2.75) is 38.5 Å². The second-order valence-electron chi connectivity index (χ2n) is 6.15. The van der Waals surface area contributed by atoms with Crippen molar-refractivity contribution in [3.63, 3.8) is 0 Å². The first-order valence-corrected chi connectivity index (χ1v) is 8.32. The summed E-state index contributed by atoms with van der Waals surface area (Å²) in [7, 11) is 0. The van der Waals surface area contributed by atoms with Crippen molar-refractivity contribution >= 4 is 5.69 Å². The third-order valence-electron chi connectivity index (χ3n) is 4.57. The van der Waals surface area contributed by atoms with Crippen molar-refractivity contribution in [1.82, 2.24) is 0 Å². The number of para-hydroxylation sites is 1. The molecular formula is C20H25N. The normalized spacial score (nSPS) is 16.4. The maximum absolute atomic E-state index is 3.71. The highest BCUT2D eigenvalue weighted by Crippen LogP contribution is 2.29. The van der Waals surface area contributed by atoms with Crippen LogP contribution in [-0.4, -0.2) is 6.54 Å². The zero-order valence-corrected chi connectivity index (χ0v) is 12.7. The Morgan fingerprint density at radius 3 is 2.19 bits per heavy atom. The molecule has 0 bridgehead atoms. The van der Waals surface area contributed by atoms with Gasteiger partial charge in [0.2, 0.25) is 0 Å². The number of anilines is 1. The van der Waals surface area contributed by atoms with Gasteiger partial charge in [0.1, 0.15) is 0 Å². The Morgan fingerprint density at radius 2 is 1.43 bits per heavy atom. The number of rotatable bonds is 4. The quantitative estimate of drug-likeness (QED) is 0.704. The van der Waals surface area contributed by atoms with Crippen LogP contribution < -0.4 is 5.32 Å². The van der Waals surface area contributed by atoms with Crippen LogP contribution in [0.1, 0.15) is 38.5 Å². The largest absolute Gasteiger partial charge is 0.384 e. The minimum Gasteiger partial charge on any atom is -0.384 e. The van der Waals surface area contributed by atoms with Crippen molar-refractivity contribution in [2.24, 2.45) is 5.92 Å². The van der Waals surface area contributed by atoms with Crippen molar-refractivity contribution in [2.75, 3.05) is 11.9 Å². The Balaban J connectivity index is 1.70. The standard InChI is InChI=1S/C20H25N/c1-2-5-11-17(10-4-1)16-21-20-15-9-8-14-19(20)18-12-6-3-7-13-18/h3,6-9,12-15,17,21H,1-2,4-5,10-11,16H2. The van der Waals surface area contributed by atoms with Gasteiger partial charge in [0.15, 0.2) is 0 Å². The van der Waals surface area contributed by atoms with Crippen molar-refractivity contribution in [3.8, 4) is 11.1 Å². The van der Waals surface area contributed by atoms with E-state index in [0.717, 1.165) is 12.5 Å². The Labute approximate surface area is 128 Å². The zero-order valence-electron chi connectivity index (χ0n) is 12.7. The summed E-state index contributed by atoms with van der Waals surface area (Å²) in [6.07, 6.45) is 8.45. The molecule has 0 aromatic heterocycles. The third-order valence-corrected chi connectivity index (χ3v) is 4.57. The van der Waals surface area contributed by atoms with Crippen LogP contribution in [0, 0.1) is 5.92 Å². The van der Waals surface area contributed by atoms with Crippen LogP contribution in [0.15, 0.2) is 54.6 Å². The second-order valence-corrected chi connectivity index (χ2v) is 6.15. The fourth-order valence-electron chi connectivity index (χ4n) is 3.33. The van der Waals surface area contributed by atoms with Crippen LogP contribution in [0.25, 0.3) is 11.1 Å². The van der Waals surface area contributed by atoms with Crippen LogP contribution in [0.2, 0.25) is 0 Å². The molecule has 0 atom stereocenters. The van der Waals surface area contributed by atoms with Gasteiger partial charge < -0.3 is 5.32 Å². The first-order chi connectivity index (χ1) is 10.4. The summed E-state index contributed by atoms with van der Waals surface area (Å²) in [5.41, 5.74) is 3.88. The molecule has 1 nitrogen and oxygen atoms in total. The SMILES string of the molecule is c1ccc(-c2ccccc2NCC2CCCCCC2)cc1. The molecule has 1 aliphatic carbocycles. The van der Waals surface area contributed by atoms with Crippen molar-refractivity contribution < 1.29 is 0 Å². The van der Waals surface area contributed by atoms with Crippen LogP contribution in [0.5, 0.6) is 0 Å². The van der Waals surface area contributed by atoms with E-state index in [-0.39, 0.29) is 0 Å². The molecule has 1 aliphatic rings. The molecule has 0 aliphatic heterocycles. The Hall–Kier alpha value is -1.76. The molecule has 110 valence electrons. The third kappa shape index (κ3) is 3.87. The fourth-order valence-corrected chi connectivity index (χ4v) is 3.33. The lowest BCUT2D eigenvalue weighted by atomic mass is 9.99. The number of hydrogen-bond donors (Lipinski definition) is 1. The summed E-state index contributed by atoms with van der Waals surface area (Å²) < 4.78 is 0. The molecule has 0 amide bonds. The topological polar surface area (TPSA) is 12.0 Å². The molecular weight excluding hydrogens is 254 g/mol. The van der Waals surface area contributed by atoms with E-state index in [1.54, 1.807) is 0 Å². The van der Waals surface area contributed by atoms with Gasteiger partial charge in [0.05, 0.1) is 0 Å². The maximum Gasteiger partial charge on any atom is 0.0419 e. The van der Waals surface area contributed by atoms with E-state index >= 15 is 0 Å². The van der Waals surface area contributed by atoms with Crippen molar-refractivity contribution in [3.05, 3.63) is 54.6 Å². The number of nitrogens with one attached hydrogen (secondary N) is 1. The molecule has 0 radical (unpaired) electrons. The summed E-state index contributed by atoms with van der Waals surface area (Å²) in [5.74, 6) is 0.844. The predicted molar refractivity (Wildman–Crippen MR) is 91.6 cm³/mol. The zero-order chi connectivity index (χ0) is 14.3. The molecule has 2 aromatic carbocycles. The lowest BCUT2D eigenvalue weighted by molar-refractivity contribution is 0.483. The molecule has 2 aromatic rings. The first-order valence-electron chi connectivity index (χ1n) is 8.32. The summed E-state index contributed by atoms with van der Waals surface area (Å²) in [6.45, 7) is 1.11. The molecule has 0 unspecified atom stereocenters. The minimum absolute atomic E-state index is 0.844. The fraction of sp³-hybridized carbons (Fsp3) is 0.400. The Kier molecular flexibility index (Phi) is 4.94. The Morgan fingerprint density at radius 1 is 0.762 bits per heavy atom. The lowest BCUT2D eigenvalue weighted by Gasteiger charge is -2.18. The van der Waals surface area contributed by atoms with Gasteiger partial charge in [0, 0.05) is 17.8 Å². The van der Waals surface area contributed by atoms with Crippen LogP contribution in [0.4, 0.5) is 5.69 Å². The number of benzene rings is 2. The average molecular weight is 279 g/mol. The molecule has 21 heavy (non-hydrogen) atoms. The first kappa shape index (κ1) is 14.2. The minimum atomic E-state index is 0.844. The molecule has 0 heterocycles. The van der Waals surface area contributed by atoms with E-state index in [1.807, 2.05) is 0 Å². The molecule has 1 N–H and O–H groups in total. The maximum atomic E-state index is 3.71.